The lowest BCUT2D eigenvalue weighted by Gasteiger charge is -2.37. The van der Waals surface area contributed by atoms with Gasteiger partial charge in [0, 0.05) is 49.2 Å². The first-order valence-corrected chi connectivity index (χ1v) is 11.7. The minimum absolute atomic E-state index is 0.0615. The molecule has 4 aromatic rings. The molecule has 36 heavy (non-hydrogen) atoms. The molecule has 3 aromatic heterocycles. The smallest absolute Gasteiger partial charge is 0.185 e. The monoisotopic (exact) mass is 492 g/mol. The van der Waals surface area contributed by atoms with Crippen molar-refractivity contribution >= 4 is 22.6 Å². The van der Waals surface area contributed by atoms with Gasteiger partial charge in [-0.25, -0.2) is 13.8 Å². The van der Waals surface area contributed by atoms with Crippen molar-refractivity contribution < 1.29 is 22.7 Å². The van der Waals surface area contributed by atoms with Crippen LogP contribution in [0.2, 0.25) is 0 Å². The highest BCUT2D eigenvalue weighted by Gasteiger charge is 2.26. The number of piperidine rings is 1. The quantitative estimate of drug-likeness (QED) is 0.387. The van der Waals surface area contributed by atoms with E-state index in [-0.39, 0.29) is 46.3 Å². The van der Waals surface area contributed by atoms with Crippen LogP contribution in [0.25, 0.3) is 22.2 Å². The number of furan rings is 1. The van der Waals surface area contributed by atoms with Crippen LogP contribution in [0.3, 0.4) is 0 Å². The van der Waals surface area contributed by atoms with Gasteiger partial charge >= 0.3 is 0 Å². The molecule has 0 unspecified atom stereocenters. The summed E-state index contributed by atoms with van der Waals surface area (Å²) >= 11 is 0. The van der Waals surface area contributed by atoms with E-state index < -0.39 is 11.6 Å². The fourth-order valence-electron chi connectivity index (χ4n) is 4.91. The zero-order valence-electron chi connectivity index (χ0n) is 20.0. The second-order valence-electron chi connectivity index (χ2n) is 9.24. The second-order valence-corrected chi connectivity index (χ2v) is 9.24. The molecule has 5 rings (SSSR count). The molecular weight excluding hydrogens is 466 g/mol. The molecule has 7 nitrogen and oxygen atoms in total. The minimum atomic E-state index is -0.868. The third-order valence-electron chi connectivity index (χ3n) is 6.51. The second kappa shape index (κ2) is 9.66. The van der Waals surface area contributed by atoms with E-state index in [1.807, 2.05) is 6.07 Å². The number of hydrogen-bond acceptors (Lipinski definition) is 7. The third kappa shape index (κ3) is 4.42. The van der Waals surface area contributed by atoms with Gasteiger partial charge in [-0.2, -0.15) is 0 Å². The average Bonchev–Trinajstić information content (AvgIpc) is 3.27. The van der Waals surface area contributed by atoms with Crippen LogP contribution in [0.15, 0.2) is 53.4 Å². The number of rotatable bonds is 6. The number of methoxy groups -OCH3 is 1. The molecule has 0 spiro atoms. The molecule has 1 aliphatic heterocycles. The zero-order chi connectivity index (χ0) is 25.4. The summed E-state index contributed by atoms with van der Waals surface area (Å²) in [6.07, 6.45) is 5.64. The van der Waals surface area contributed by atoms with Crippen LogP contribution >= 0.6 is 0 Å². The number of aromatic nitrogens is 2. The lowest BCUT2D eigenvalue weighted by Crippen LogP contribution is -2.46. The van der Waals surface area contributed by atoms with Gasteiger partial charge in [0.1, 0.15) is 23.3 Å². The van der Waals surface area contributed by atoms with Crippen molar-refractivity contribution in [2.24, 2.45) is 11.7 Å². The predicted octanol–water partition coefficient (Wildman–Crippen LogP) is 4.78. The van der Waals surface area contributed by atoms with E-state index in [4.69, 9.17) is 14.9 Å². The molecule has 2 N–H and O–H groups in total. The first-order chi connectivity index (χ1) is 17.4. The first kappa shape index (κ1) is 23.9. The molecule has 1 aliphatic rings. The van der Waals surface area contributed by atoms with Crippen molar-refractivity contribution in [3.05, 3.63) is 71.9 Å². The van der Waals surface area contributed by atoms with Gasteiger partial charge in [0.05, 0.1) is 18.2 Å². The summed E-state index contributed by atoms with van der Waals surface area (Å²) < 4.78 is 40.0. The molecule has 0 aliphatic carbocycles. The molecule has 1 aromatic carbocycles. The van der Waals surface area contributed by atoms with Gasteiger partial charge in [0.2, 0.25) is 0 Å². The Hall–Kier alpha value is -3.85. The molecule has 1 fully saturated rings. The van der Waals surface area contributed by atoms with Gasteiger partial charge in [-0.05, 0) is 42.7 Å². The van der Waals surface area contributed by atoms with E-state index in [1.54, 1.807) is 24.5 Å². The summed E-state index contributed by atoms with van der Waals surface area (Å²) in [6.45, 7) is 3.71. The van der Waals surface area contributed by atoms with E-state index >= 15 is 0 Å². The normalized spacial score (nSPS) is 18.0. The largest absolute Gasteiger partial charge is 0.494 e. The van der Waals surface area contributed by atoms with Crippen molar-refractivity contribution in [1.29, 1.82) is 0 Å². The number of nitrogens with two attached hydrogens (primary N) is 1. The summed E-state index contributed by atoms with van der Waals surface area (Å²) in [5, 5.41) is 0. The van der Waals surface area contributed by atoms with E-state index in [9.17, 15) is 13.6 Å². The topological polar surface area (TPSA) is 94.5 Å². The zero-order valence-corrected chi connectivity index (χ0v) is 20.0. The molecule has 1 saturated heterocycles. The summed E-state index contributed by atoms with van der Waals surface area (Å²) in [4.78, 5) is 24.1. The van der Waals surface area contributed by atoms with Crippen molar-refractivity contribution in [2.75, 3.05) is 25.1 Å². The van der Waals surface area contributed by atoms with Crippen molar-refractivity contribution in [3.63, 3.8) is 0 Å². The Morgan fingerprint density at radius 1 is 1.22 bits per heavy atom. The van der Waals surface area contributed by atoms with Gasteiger partial charge in [-0.3, -0.25) is 9.78 Å². The lowest BCUT2D eigenvalue weighted by molar-refractivity contribution is 0.0988. The van der Waals surface area contributed by atoms with Gasteiger partial charge in [-0.15, -0.1) is 0 Å². The Kier molecular flexibility index (Phi) is 6.40. The SMILES string of the molecule is COc1ccc(F)c(-c2coc3ccc(C(=O)Cc4cnccc4N4C[C@H](C)C[C@H](N)C4)nc23)c1F. The highest BCUT2D eigenvalue weighted by Crippen LogP contribution is 2.36. The summed E-state index contributed by atoms with van der Waals surface area (Å²) in [5.41, 5.74) is 8.36. The van der Waals surface area contributed by atoms with Gasteiger partial charge < -0.3 is 19.8 Å². The van der Waals surface area contributed by atoms with Crippen LogP contribution in [0.1, 0.15) is 29.4 Å². The van der Waals surface area contributed by atoms with Crippen molar-refractivity contribution in [2.45, 2.75) is 25.8 Å². The number of carbonyl (C=O) groups is 1. The maximum absolute atomic E-state index is 14.9. The number of fused-ring (bicyclic) bond motifs is 1. The number of hydrogen-bond donors (Lipinski definition) is 1. The Balaban J connectivity index is 1.48. The van der Waals surface area contributed by atoms with E-state index in [1.165, 1.54) is 19.4 Å². The van der Waals surface area contributed by atoms with Crippen LogP contribution in [-0.4, -0.2) is 42.0 Å². The molecule has 0 amide bonds. The summed E-state index contributed by atoms with van der Waals surface area (Å²) in [5.74, 6) is -1.58. The number of Topliss-reactive ketones (excluding diaryl/α,β-unsaturated/α-hetero) is 1. The fraction of sp³-hybridized carbons (Fsp3) is 0.296. The Morgan fingerprint density at radius 2 is 2.06 bits per heavy atom. The van der Waals surface area contributed by atoms with Crippen LogP contribution in [-0.2, 0) is 6.42 Å². The molecule has 4 heterocycles. The van der Waals surface area contributed by atoms with Crippen LogP contribution < -0.4 is 15.4 Å². The molecule has 2 atom stereocenters. The predicted molar refractivity (Wildman–Crippen MR) is 132 cm³/mol. The van der Waals surface area contributed by atoms with Crippen LogP contribution in [0, 0.1) is 17.6 Å². The molecule has 0 saturated carbocycles. The number of anilines is 1. The first-order valence-electron chi connectivity index (χ1n) is 11.7. The van der Waals surface area contributed by atoms with Crippen molar-refractivity contribution in [3.8, 4) is 16.9 Å². The molecule has 186 valence electrons. The van der Waals surface area contributed by atoms with Crippen LogP contribution in [0.4, 0.5) is 14.5 Å². The highest BCUT2D eigenvalue weighted by atomic mass is 19.1. The van der Waals surface area contributed by atoms with Gasteiger partial charge in [0.15, 0.2) is 22.9 Å². The number of benzene rings is 1. The molecule has 0 radical (unpaired) electrons. The maximum atomic E-state index is 14.9. The number of ketones is 1. The van der Waals surface area contributed by atoms with E-state index in [2.05, 4.69) is 21.8 Å². The number of nitrogens with zero attached hydrogens (tertiary/aromatic N) is 3. The van der Waals surface area contributed by atoms with E-state index in [0.717, 1.165) is 30.3 Å². The third-order valence-corrected chi connectivity index (χ3v) is 6.51. The standard InChI is InChI=1S/C27H26F2N4O3/c1-15-9-17(30)13-33(12-15)21-7-8-31-11-16(21)10-22(34)20-4-6-24-27(32-20)18(14-36-24)25-19(28)3-5-23(35-2)26(25)29/h3-8,11,14-15,17H,9-10,12-13,30H2,1-2H3/t15-,17+/m1/s1. The Morgan fingerprint density at radius 3 is 2.83 bits per heavy atom. The maximum Gasteiger partial charge on any atom is 0.185 e. The number of carbonyl (C=O) groups excluding carboxylic acids is 1. The average molecular weight is 493 g/mol. The highest BCUT2D eigenvalue weighted by molar-refractivity contribution is 6.00. The Labute approximate surface area is 206 Å². The molecule has 9 heteroatoms. The fourth-order valence-corrected chi connectivity index (χ4v) is 4.91. The molecule has 0 bridgehead atoms. The van der Waals surface area contributed by atoms with E-state index in [0.29, 0.717) is 18.0 Å². The number of pyridine rings is 2. The minimum Gasteiger partial charge on any atom is -0.494 e. The summed E-state index contributed by atoms with van der Waals surface area (Å²) in [6, 6.07) is 7.40. The van der Waals surface area contributed by atoms with Crippen molar-refractivity contribution in [1.82, 2.24) is 9.97 Å². The molecular formula is C27H26F2N4O3. The van der Waals surface area contributed by atoms with Crippen LogP contribution in [0.5, 0.6) is 5.75 Å². The summed E-state index contributed by atoms with van der Waals surface area (Å²) in [7, 11) is 1.30. The lowest BCUT2D eigenvalue weighted by atomic mass is 9.95. The number of halogens is 2. The number of ether oxygens (including phenoxy) is 1. The van der Waals surface area contributed by atoms with Gasteiger partial charge in [0.25, 0.3) is 0 Å². The van der Waals surface area contributed by atoms with Gasteiger partial charge in [-0.1, -0.05) is 6.92 Å². The Bertz CT molecular complexity index is 1430.